The molecule has 1 unspecified atom stereocenters. The van der Waals surface area contributed by atoms with Gasteiger partial charge >= 0.3 is 6.09 Å². The normalized spacial score (nSPS) is 22.8. The van der Waals surface area contributed by atoms with Crippen LogP contribution in [0.3, 0.4) is 0 Å². The molecule has 3 atom stereocenters. The molecule has 1 heterocycles. The molecule has 1 fully saturated rings. The minimum absolute atomic E-state index is 0.0124. The number of nitrogens with one attached hydrogen (secondary N) is 1. The van der Waals surface area contributed by atoms with E-state index in [0.29, 0.717) is 11.7 Å². The van der Waals surface area contributed by atoms with Crippen molar-refractivity contribution in [3.8, 4) is 5.75 Å². The van der Waals surface area contributed by atoms with E-state index >= 15 is 0 Å². The van der Waals surface area contributed by atoms with Crippen molar-refractivity contribution < 1.29 is 19.1 Å². The molecule has 1 aliphatic heterocycles. The standard InChI is InChI=1S/C24H28N2O4/c1-15-22(25-24(28)30-14-17-7-5-4-6-8-17)20-12-11-19(29-3)13-21(20)26(16(2)27)23(15)18-9-10-18/h4-8,11-13,15,18,22-23H,9-10,14H2,1-3H3,(H,25,28)/t15-,22?,23-/m1/s1. The Kier molecular flexibility index (Phi) is 5.66. The zero-order chi connectivity index (χ0) is 21.3. The van der Waals surface area contributed by atoms with Crippen molar-refractivity contribution in [3.05, 3.63) is 59.7 Å². The quantitative estimate of drug-likeness (QED) is 0.794. The average Bonchev–Trinajstić information content (AvgIpc) is 3.59. The Morgan fingerprint density at radius 1 is 1.13 bits per heavy atom. The molecule has 0 radical (unpaired) electrons. The minimum atomic E-state index is -0.455. The summed E-state index contributed by atoms with van der Waals surface area (Å²) < 4.78 is 10.9. The summed E-state index contributed by atoms with van der Waals surface area (Å²) in [5, 5.41) is 3.06. The van der Waals surface area contributed by atoms with Crippen LogP contribution in [-0.4, -0.2) is 25.2 Å². The number of alkyl carbamates (subject to hydrolysis) is 1. The Bertz CT molecular complexity index is 926. The first kappa shape index (κ1) is 20.3. The third-order valence-electron chi connectivity index (χ3n) is 6.13. The van der Waals surface area contributed by atoms with Gasteiger partial charge in [-0.2, -0.15) is 0 Å². The van der Waals surface area contributed by atoms with Crippen LogP contribution in [0.4, 0.5) is 10.5 Å². The van der Waals surface area contributed by atoms with Gasteiger partial charge in [-0.25, -0.2) is 4.79 Å². The van der Waals surface area contributed by atoms with E-state index < -0.39 is 6.09 Å². The number of hydrogen-bond donors (Lipinski definition) is 1. The first-order valence-corrected chi connectivity index (χ1v) is 10.4. The zero-order valence-electron chi connectivity index (χ0n) is 17.6. The van der Waals surface area contributed by atoms with Crippen LogP contribution in [0.15, 0.2) is 48.5 Å². The van der Waals surface area contributed by atoms with Gasteiger partial charge in [-0.15, -0.1) is 0 Å². The summed E-state index contributed by atoms with van der Waals surface area (Å²) in [6.07, 6.45) is 1.75. The molecule has 2 amide bonds. The highest BCUT2D eigenvalue weighted by molar-refractivity contribution is 5.94. The molecule has 0 bridgehead atoms. The second kappa shape index (κ2) is 8.38. The van der Waals surface area contributed by atoms with Crippen LogP contribution in [0, 0.1) is 11.8 Å². The van der Waals surface area contributed by atoms with E-state index in [0.717, 1.165) is 29.7 Å². The van der Waals surface area contributed by atoms with Crippen LogP contribution in [0.25, 0.3) is 0 Å². The number of hydrogen-bond acceptors (Lipinski definition) is 4. The smallest absolute Gasteiger partial charge is 0.407 e. The van der Waals surface area contributed by atoms with Crippen molar-refractivity contribution in [1.29, 1.82) is 0 Å². The van der Waals surface area contributed by atoms with Gasteiger partial charge in [0.2, 0.25) is 5.91 Å². The Balaban J connectivity index is 1.60. The molecule has 2 aromatic rings. The molecular weight excluding hydrogens is 380 g/mol. The Morgan fingerprint density at radius 3 is 2.50 bits per heavy atom. The van der Waals surface area contributed by atoms with E-state index in [4.69, 9.17) is 9.47 Å². The number of fused-ring (bicyclic) bond motifs is 1. The summed E-state index contributed by atoms with van der Waals surface area (Å²) in [6, 6.07) is 15.1. The molecule has 158 valence electrons. The van der Waals surface area contributed by atoms with Crippen molar-refractivity contribution >= 4 is 17.7 Å². The maximum atomic E-state index is 12.6. The highest BCUT2D eigenvalue weighted by Crippen LogP contribution is 2.49. The van der Waals surface area contributed by atoms with E-state index in [1.54, 1.807) is 14.0 Å². The molecule has 0 aromatic heterocycles. The van der Waals surface area contributed by atoms with Crippen LogP contribution in [-0.2, 0) is 16.1 Å². The highest BCUT2D eigenvalue weighted by Gasteiger charge is 2.48. The predicted octanol–water partition coefficient (Wildman–Crippen LogP) is 4.44. The number of methoxy groups -OCH3 is 1. The Labute approximate surface area is 177 Å². The number of benzene rings is 2. The monoisotopic (exact) mass is 408 g/mol. The molecular formula is C24H28N2O4. The summed E-state index contributed by atoms with van der Waals surface area (Å²) in [5.74, 6) is 1.22. The fourth-order valence-corrected chi connectivity index (χ4v) is 4.56. The summed E-state index contributed by atoms with van der Waals surface area (Å²) in [6.45, 7) is 3.93. The first-order chi connectivity index (χ1) is 14.5. The maximum Gasteiger partial charge on any atom is 0.407 e. The number of rotatable bonds is 5. The van der Waals surface area contributed by atoms with Crippen LogP contribution in [0.1, 0.15) is 43.9 Å². The predicted molar refractivity (Wildman–Crippen MR) is 114 cm³/mol. The van der Waals surface area contributed by atoms with Gasteiger partial charge in [0.25, 0.3) is 0 Å². The SMILES string of the molecule is COc1ccc2c(c1)N(C(C)=O)[C@@H](C1CC1)[C@H](C)C2NC(=O)OCc1ccccc1. The second-order valence-corrected chi connectivity index (χ2v) is 8.18. The van der Waals surface area contributed by atoms with Crippen molar-refractivity contribution in [2.24, 2.45) is 11.8 Å². The third kappa shape index (κ3) is 3.99. The van der Waals surface area contributed by atoms with E-state index in [1.165, 1.54) is 0 Å². The number of carbonyl (C=O) groups is 2. The summed E-state index contributed by atoms with van der Waals surface area (Å²) in [4.78, 5) is 27.1. The van der Waals surface area contributed by atoms with Crippen LogP contribution in [0.5, 0.6) is 5.75 Å². The largest absolute Gasteiger partial charge is 0.497 e. The van der Waals surface area contributed by atoms with Gasteiger partial charge in [0.15, 0.2) is 0 Å². The minimum Gasteiger partial charge on any atom is -0.497 e. The van der Waals surface area contributed by atoms with E-state index in [-0.39, 0.29) is 30.5 Å². The molecule has 4 rings (SSSR count). The van der Waals surface area contributed by atoms with Gasteiger partial charge in [-0.1, -0.05) is 43.3 Å². The fraction of sp³-hybridized carbons (Fsp3) is 0.417. The molecule has 0 spiro atoms. The van der Waals surface area contributed by atoms with Gasteiger partial charge < -0.3 is 19.7 Å². The van der Waals surface area contributed by atoms with E-state index in [2.05, 4.69) is 12.2 Å². The number of carbonyl (C=O) groups excluding carboxylic acids is 2. The highest BCUT2D eigenvalue weighted by atomic mass is 16.5. The van der Waals surface area contributed by atoms with E-state index in [9.17, 15) is 9.59 Å². The van der Waals surface area contributed by atoms with Crippen LogP contribution < -0.4 is 15.0 Å². The molecule has 6 nitrogen and oxygen atoms in total. The summed E-state index contributed by atoms with van der Waals surface area (Å²) in [7, 11) is 1.61. The topological polar surface area (TPSA) is 67.9 Å². The zero-order valence-corrected chi connectivity index (χ0v) is 17.6. The average molecular weight is 408 g/mol. The van der Waals surface area contributed by atoms with Gasteiger partial charge in [-0.05, 0) is 36.0 Å². The van der Waals surface area contributed by atoms with Crippen molar-refractivity contribution in [2.75, 3.05) is 12.0 Å². The van der Waals surface area contributed by atoms with Gasteiger partial charge in [0.1, 0.15) is 12.4 Å². The fourth-order valence-electron chi connectivity index (χ4n) is 4.56. The third-order valence-corrected chi connectivity index (χ3v) is 6.13. The summed E-state index contributed by atoms with van der Waals surface area (Å²) >= 11 is 0. The van der Waals surface area contributed by atoms with E-state index in [1.807, 2.05) is 53.4 Å². The molecule has 1 saturated carbocycles. The Hall–Kier alpha value is -3.02. The second-order valence-electron chi connectivity index (χ2n) is 8.18. The number of anilines is 1. The van der Waals surface area contributed by atoms with Gasteiger partial charge in [0, 0.05) is 24.9 Å². The van der Waals surface area contributed by atoms with Gasteiger partial charge in [-0.3, -0.25) is 4.79 Å². The first-order valence-electron chi connectivity index (χ1n) is 10.4. The molecule has 2 aliphatic rings. The maximum absolute atomic E-state index is 12.6. The van der Waals surface area contributed by atoms with Crippen LogP contribution in [0.2, 0.25) is 0 Å². The molecule has 1 N–H and O–H groups in total. The Morgan fingerprint density at radius 2 is 1.87 bits per heavy atom. The molecule has 30 heavy (non-hydrogen) atoms. The summed E-state index contributed by atoms with van der Waals surface area (Å²) in [5.41, 5.74) is 2.66. The number of amides is 2. The lowest BCUT2D eigenvalue weighted by atomic mass is 9.80. The molecule has 0 saturated heterocycles. The molecule has 1 aliphatic carbocycles. The molecule has 2 aromatic carbocycles. The lowest BCUT2D eigenvalue weighted by Crippen LogP contribution is -2.53. The number of nitrogens with zero attached hydrogens (tertiary/aromatic N) is 1. The van der Waals surface area contributed by atoms with Gasteiger partial charge in [0.05, 0.1) is 18.8 Å². The lowest BCUT2D eigenvalue weighted by molar-refractivity contribution is -0.117. The van der Waals surface area contributed by atoms with Crippen molar-refractivity contribution in [1.82, 2.24) is 5.32 Å². The van der Waals surface area contributed by atoms with Crippen molar-refractivity contribution in [3.63, 3.8) is 0 Å². The van der Waals surface area contributed by atoms with Crippen molar-refractivity contribution in [2.45, 2.75) is 45.4 Å². The van der Waals surface area contributed by atoms with Crippen LogP contribution >= 0.6 is 0 Å². The number of ether oxygens (including phenoxy) is 2. The lowest BCUT2D eigenvalue weighted by Gasteiger charge is -2.45. The molecule has 6 heteroatoms.